The molecule has 2 aromatic carbocycles. The van der Waals surface area contributed by atoms with E-state index in [1.165, 1.54) is 0 Å². The summed E-state index contributed by atoms with van der Waals surface area (Å²) in [5.41, 5.74) is 0.863. The summed E-state index contributed by atoms with van der Waals surface area (Å²) in [7, 11) is 1.61. The molecule has 0 aromatic heterocycles. The normalized spacial score (nSPS) is 11.9. The van der Waals surface area contributed by atoms with Crippen molar-refractivity contribution in [3.63, 3.8) is 0 Å². The van der Waals surface area contributed by atoms with Crippen LogP contribution in [0.15, 0.2) is 48.5 Å². The second-order valence-corrected chi connectivity index (χ2v) is 4.00. The molecule has 0 saturated carbocycles. The van der Waals surface area contributed by atoms with E-state index >= 15 is 0 Å². The average molecular weight is 244 g/mol. The molecular formula is C15H16O3. The van der Waals surface area contributed by atoms with Gasteiger partial charge in [-0.3, -0.25) is 0 Å². The van der Waals surface area contributed by atoms with Gasteiger partial charge in [-0.2, -0.15) is 0 Å². The van der Waals surface area contributed by atoms with Crippen molar-refractivity contribution in [1.82, 2.24) is 0 Å². The molecule has 0 saturated heterocycles. The van der Waals surface area contributed by atoms with E-state index in [9.17, 15) is 5.11 Å². The first-order valence-electron chi connectivity index (χ1n) is 5.79. The van der Waals surface area contributed by atoms with Crippen LogP contribution in [0.4, 0.5) is 0 Å². The molecule has 0 spiro atoms. The van der Waals surface area contributed by atoms with Crippen LogP contribution in [0.1, 0.15) is 18.6 Å². The molecule has 0 aliphatic rings. The maximum atomic E-state index is 9.43. The minimum Gasteiger partial charge on any atom is -0.493 e. The van der Waals surface area contributed by atoms with E-state index in [0.717, 1.165) is 5.56 Å². The molecule has 18 heavy (non-hydrogen) atoms. The second kappa shape index (κ2) is 5.56. The summed E-state index contributed by atoms with van der Waals surface area (Å²) in [5, 5.41) is 9.43. The maximum Gasteiger partial charge on any atom is 0.169 e. The first-order chi connectivity index (χ1) is 8.70. The van der Waals surface area contributed by atoms with Gasteiger partial charge in [0.2, 0.25) is 0 Å². The molecule has 1 N–H and O–H groups in total. The Morgan fingerprint density at radius 3 is 2.11 bits per heavy atom. The van der Waals surface area contributed by atoms with Gasteiger partial charge in [-0.15, -0.1) is 0 Å². The summed E-state index contributed by atoms with van der Waals surface area (Å²) in [6.07, 6.45) is -0.467. The number of hydrogen-bond donors (Lipinski definition) is 1. The highest BCUT2D eigenvalue weighted by Gasteiger charge is 2.05. The zero-order valence-electron chi connectivity index (χ0n) is 10.5. The smallest absolute Gasteiger partial charge is 0.169 e. The lowest BCUT2D eigenvalue weighted by Crippen LogP contribution is -1.92. The van der Waals surface area contributed by atoms with Crippen LogP contribution in [0.2, 0.25) is 0 Å². The van der Waals surface area contributed by atoms with Gasteiger partial charge in [0, 0.05) is 0 Å². The molecule has 0 radical (unpaired) electrons. The number of ether oxygens (including phenoxy) is 2. The zero-order valence-corrected chi connectivity index (χ0v) is 10.5. The van der Waals surface area contributed by atoms with Crippen molar-refractivity contribution in [2.75, 3.05) is 7.11 Å². The lowest BCUT2D eigenvalue weighted by atomic mass is 10.1. The second-order valence-electron chi connectivity index (χ2n) is 4.00. The Bertz CT molecular complexity index is 503. The Hall–Kier alpha value is -2.00. The maximum absolute atomic E-state index is 9.43. The van der Waals surface area contributed by atoms with Crippen molar-refractivity contribution in [1.29, 1.82) is 0 Å². The van der Waals surface area contributed by atoms with Gasteiger partial charge in [0.1, 0.15) is 5.75 Å². The highest BCUT2D eigenvalue weighted by Crippen LogP contribution is 2.31. The number of aliphatic hydroxyl groups is 1. The van der Waals surface area contributed by atoms with Crippen molar-refractivity contribution in [3.8, 4) is 17.2 Å². The van der Waals surface area contributed by atoms with Crippen LogP contribution in [-0.4, -0.2) is 12.2 Å². The van der Waals surface area contributed by atoms with Crippen molar-refractivity contribution in [2.45, 2.75) is 13.0 Å². The molecule has 0 fully saturated rings. The molecule has 2 rings (SSSR count). The summed E-state index contributed by atoms with van der Waals surface area (Å²) in [6.45, 7) is 1.73. The third kappa shape index (κ3) is 2.81. The van der Waals surface area contributed by atoms with Crippen molar-refractivity contribution in [2.24, 2.45) is 0 Å². The fourth-order valence-electron chi connectivity index (χ4n) is 1.64. The van der Waals surface area contributed by atoms with Crippen molar-refractivity contribution < 1.29 is 14.6 Å². The van der Waals surface area contributed by atoms with Crippen LogP contribution in [-0.2, 0) is 0 Å². The Kier molecular flexibility index (Phi) is 3.85. The summed E-state index contributed by atoms with van der Waals surface area (Å²) in [4.78, 5) is 0. The predicted octanol–water partition coefficient (Wildman–Crippen LogP) is 3.54. The summed E-state index contributed by atoms with van der Waals surface area (Å²) in [5.74, 6) is 2.07. The molecule has 2 aromatic rings. The SMILES string of the molecule is COc1ccccc1Oc1ccc(C(C)O)cc1. The minimum atomic E-state index is -0.467. The van der Waals surface area contributed by atoms with Gasteiger partial charge in [0.05, 0.1) is 13.2 Å². The minimum absolute atomic E-state index is 0.467. The fraction of sp³-hybridized carbons (Fsp3) is 0.200. The average Bonchev–Trinajstić information content (AvgIpc) is 2.40. The Labute approximate surface area is 107 Å². The topological polar surface area (TPSA) is 38.7 Å². The van der Waals surface area contributed by atoms with Crippen LogP contribution < -0.4 is 9.47 Å². The Balaban J connectivity index is 2.18. The highest BCUT2D eigenvalue weighted by molar-refractivity contribution is 5.43. The lowest BCUT2D eigenvalue weighted by molar-refractivity contribution is 0.199. The third-order valence-corrected chi connectivity index (χ3v) is 2.66. The molecule has 0 aliphatic carbocycles. The van der Waals surface area contributed by atoms with E-state index in [2.05, 4.69) is 0 Å². The van der Waals surface area contributed by atoms with E-state index in [0.29, 0.717) is 17.2 Å². The van der Waals surface area contributed by atoms with Gasteiger partial charge in [0.25, 0.3) is 0 Å². The largest absolute Gasteiger partial charge is 0.493 e. The van der Waals surface area contributed by atoms with Crippen molar-refractivity contribution in [3.05, 3.63) is 54.1 Å². The van der Waals surface area contributed by atoms with Gasteiger partial charge in [-0.05, 0) is 36.8 Å². The summed E-state index contributed by atoms with van der Waals surface area (Å²) < 4.78 is 10.9. The number of para-hydroxylation sites is 2. The summed E-state index contributed by atoms with van der Waals surface area (Å²) in [6, 6.07) is 14.8. The molecule has 3 nitrogen and oxygen atoms in total. The number of rotatable bonds is 4. The van der Waals surface area contributed by atoms with Crippen LogP contribution >= 0.6 is 0 Å². The van der Waals surface area contributed by atoms with Gasteiger partial charge in [-0.1, -0.05) is 24.3 Å². The standard InChI is InChI=1S/C15H16O3/c1-11(16)12-7-9-13(10-8-12)18-15-6-4-3-5-14(15)17-2/h3-11,16H,1-2H3. The number of benzene rings is 2. The monoisotopic (exact) mass is 244 g/mol. The predicted molar refractivity (Wildman–Crippen MR) is 70.1 cm³/mol. The number of aliphatic hydroxyl groups excluding tert-OH is 1. The quantitative estimate of drug-likeness (QED) is 0.894. The Morgan fingerprint density at radius 1 is 0.944 bits per heavy atom. The summed E-state index contributed by atoms with van der Waals surface area (Å²) >= 11 is 0. The van der Waals surface area contributed by atoms with E-state index in [-0.39, 0.29) is 0 Å². The van der Waals surface area contributed by atoms with Crippen LogP contribution in [0, 0.1) is 0 Å². The molecule has 0 amide bonds. The van der Waals surface area contributed by atoms with E-state index in [4.69, 9.17) is 9.47 Å². The molecule has 0 bridgehead atoms. The van der Waals surface area contributed by atoms with Crippen molar-refractivity contribution >= 4 is 0 Å². The lowest BCUT2D eigenvalue weighted by Gasteiger charge is -2.11. The van der Waals surface area contributed by atoms with E-state index in [1.54, 1.807) is 14.0 Å². The van der Waals surface area contributed by atoms with E-state index < -0.39 is 6.10 Å². The molecule has 94 valence electrons. The van der Waals surface area contributed by atoms with Gasteiger partial charge >= 0.3 is 0 Å². The fourth-order valence-corrected chi connectivity index (χ4v) is 1.64. The number of methoxy groups -OCH3 is 1. The molecule has 1 unspecified atom stereocenters. The van der Waals surface area contributed by atoms with E-state index in [1.807, 2.05) is 48.5 Å². The van der Waals surface area contributed by atoms with Crippen LogP contribution in [0.3, 0.4) is 0 Å². The zero-order chi connectivity index (χ0) is 13.0. The Morgan fingerprint density at radius 2 is 1.56 bits per heavy atom. The van der Waals surface area contributed by atoms with Gasteiger partial charge < -0.3 is 14.6 Å². The van der Waals surface area contributed by atoms with Gasteiger partial charge in [0.15, 0.2) is 11.5 Å². The molecule has 3 heteroatoms. The first-order valence-corrected chi connectivity index (χ1v) is 5.79. The molecule has 0 aliphatic heterocycles. The number of hydrogen-bond acceptors (Lipinski definition) is 3. The first kappa shape index (κ1) is 12.5. The van der Waals surface area contributed by atoms with Crippen LogP contribution in [0.25, 0.3) is 0 Å². The highest BCUT2D eigenvalue weighted by atomic mass is 16.5. The van der Waals surface area contributed by atoms with Gasteiger partial charge in [-0.25, -0.2) is 0 Å². The molecule has 0 heterocycles. The van der Waals surface area contributed by atoms with Crippen LogP contribution in [0.5, 0.6) is 17.2 Å². The molecule has 1 atom stereocenters. The third-order valence-electron chi connectivity index (χ3n) is 2.66. The molecular weight excluding hydrogens is 228 g/mol.